The molecule has 17 heavy (non-hydrogen) atoms. The third-order valence-corrected chi connectivity index (χ3v) is 2.86. The van der Waals surface area contributed by atoms with Crippen LogP contribution in [0.15, 0.2) is 22.8 Å². The number of furan rings is 1. The quantitative estimate of drug-likeness (QED) is 0.814. The molecule has 0 atom stereocenters. The van der Waals surface area contributed by atoms with E-state index in [1.165, 1.54) is 0 Å². The van der Waals surface area contributed by atoms with Crippen LogP contribution in [0.25, 0.3) is 0 Å². The predicted octanol–water partition coefficient (Wildman–Crippen LogP) is 0.741. The van der Waals surface area contributed by atoms with Gasteiger partial charge in [-0.3, -0.25) is 4.79 Å². The molecule has 1 amide bonds. The second kappa shape index (κ2) is 5.51. The average Bonchev–Trinajstić information content (AvgIpc) is 2.74. The number of nitriles is 1. The molecule has 90 valence electrons. The second-order valence-corrected chi connectivity index (χ2v) is 4.10. The van der Waals surface area contributed by atoms with Crippen molar-refractivity contribution in [2.24, 2.45) is 5.92 Å². The van der Waals surface area contributed by atoms with Crippen LogP contribution in [0.3, 0.4) is 0 Å². The van der Waals surface area contributed by atoms with Gasteiger partial charge >= 0.3 is 0 Å². The Morgan fingerprint density at radius 1 is 1.65 bits per heavy atom. The van der Waals surface area contributed by atoms with Gasteiger partial charge in [0.05, 0.1) is 31.2 Å². The van der Waals surface area contributed by atoms with E-state index in [-0.39, 0.29) is 11.8 Å². The van der Waals surface area contributed by atoms with Crippen LogP contribution in [-0.2, 0) is 11.3 Å². The minimum Gasteiger partial charge on any atom is -0.467 e. The van der Waals surface area contributed by atoms with Crippen LogP contribution in [0, 0.1) is 17.2 Å². The van der Waals surface area contributed by atoms with E-state index in [0.29, 0.717) is 19.5 Å². The molecule has 1 N–H and O–H groups in total. The number of rotatable bonds is 5. The topological polar surface area (TPSA) is 69.3 Å². The van der Waals surface area contributed by atoms with Gasteiger partial charge in [0.25, 0.3) is 0 Å². The Labute approximate surface area is 100 Å². The summed E-state index contributed by atoms with van der Waals surface area (Å²) in [6.07, 6.45) is 1.94. The second-order valence-electron chi connectivity index (χ2n) is 4.10. The molecule has 1 aromatic heterocycles. The lowest BCUT2D eigenvalue weighted by atomic mass is 10.0. The molecular weight excluding hydrogens is 218 g/mol. The Hall–Kier alpha value is -1.80. The molecule has 0 unspecified atom stereocenters. The number of carbonyl (C=O) groups excluding carboxylic acids is 1. The van der Waals surface area contributed by atoms with Gasteiger partial charge in [-0.25, -0.2) is 0 Å². The standard InChI is InChI=1S/C12H15N3O2/c13-4-2-5-15(9-11-3-1-6-17-11)12(16)10-7-14-8-10/h1,3,6,10,14H,2,5,7-9H2. The highest BCUT2D eigenvalue weighted by atomic mass is 16.3. The van der Waals surface area contributed by atoms with Gasteiger partial charge in [-0.15, -0.1) is 0 Å². The summed E-state index contributed by atoms with van der Waals surface area (Å²) in [5.41, 5.74) is 0. The van der Waals surface area contributed by atoms with Crippen LogP contribution in [0.4, 0.5) is 0 Å². The molecule has 0 aliphatic carbocycles. The summed E-state index contributed by atoms with van der Waals surface area (Å²) in [6.45, 7) is 2.39. The van der Waals surface area contributed by atoms with Crippen LogP contribution in [-0.4, -0.2) is 30.4 Å². The van der Waals surface area contributed by atoms with Crippen molar-refractivity contribution in [2.75, 3.05) is 19.6 Å². The third kappa shape index (κ3) is 2.86. The van der Waals surface area contributed by atoms with Gasteiger partial charge < -0.3 is 14.6 Å². The summed E-state index contributed by atoms with van der Waals surface area (Å²) in [5, 5.41) is 11.7. The van der Waals surface area contributed by atoms with Crippen molar-refractivity contribution in [1.82, 2.24) is 10.2 Å². The zero-order valence-electron chi connectivity index (χ0n) is 9.56. The third-order valence-electron chi connectivity index (χ3n) is 2.86. The maximum atomic E-state index is 12.1. The SMILES string of the molecule is N#CCCN(Cc1ccco1)C(=O)C1CNC1. The van der Waals surface area contributed by atoms with Crippen molar-refractivity contribution >= 4 is 5.91 Å². The van der Waals surface area contributed by atoms with Crippen LogP contribution in [0.2, 0.25) is 0 Å². The fourth-order valence-corrected chi connectivity index (χ4v) is 1.76. The first kappa shape index (κ1) is 11.7. The zero-order valence-corrected chi connectivity index (χ0v) is 9.56. The molecule has 1 aliphatic heterocycles. The minimum atomic E-state index is 0.0589. The number of nitrogens with zero attached hydrogens (tertiary/aromatic N) is 2. The monoisotopic (exact) mass is 233 g/mol. The van der Waals surface area contributed by atoms with Gasteiger partial charge in [-0.05, 0) is 12.1 Å². The smallest absolute Gasteiger partial charge is 0.228 e. The zero-order chi connectivity index (χ0) is 12.1. The van der Waals surface area contributed by atoms with Crippen LogP contribution in [0.5, 0.6) is 0 Å². The molecule has 5 nitrogen and oxygen atoms in total. The first-order valence-electron chi connectivity index (χ1n) is 5.70. The van der Waals surface area contributed by atoms with Crippen molar-refractivity contribution in [3.63, 3.8) is 0 Å². The minimum absolute atomic E-state index is 0.0589. The number of nitrogens with one attached hydrogen (secondary N) is 1. The van der Waals surface area contributed by atoms with Crippen molar-refractivity contribution in [3.8, 4) is 6.07 Å². The molecule has 0 saturated carbocycles. The van der Waals surface area contributed by atoms with Crippen molar-refractivity contribution in [2.45, 2.75) is 13.0 Å². The molecule has 0 spiro atoms. The van der Waals surface area contributed by atoms with Crippen LogP contribution in [0.1, 0.15) is 12.2 Å². The van der Waals surface area contributed by atoms with Gasteiger partial charge in [-0.1, -0.05) is 0 Å². The first-order valence-corrected chi connectivity index (χ1v) is 5.70. The molecule has 0 bridgehead atoms. The van der Waals surface area contributed by atoms with Crippen molar-refractivity contribution in [3.05, 3.63) is 24.2 Å². The fraction of sp³-hybridized carbons (Fsp3) is 0.500. The molecule has 1 aromatic rings. The van der Waals surface area contributed by atoms with Crippen molar-refractivity contribution in [1.29, 1.82) is 5.26 Å². The van der Waals surface area contributed by atoms with E-state index in [1.54, 1.807) is 17.2 Å². The van der Waals surface area contributed by atoms with E-state index < -0.39 is 0 Å². The molecule has 2 heterocycles. The lowest BCUT2D eigenvalue weighted by molar-refractivity contribution is -0.137. The Kier molecular flexibility index (Phi) is 3.78. The van der Waals surface area contributed by atoms with E-state index in [4.69, 9.17) is 9.68 Å². The number of amides is 1. The van der Waals surface area contributed by atoms with E-state index in [0.717, 1.165) is 18.8 Å². The molecule has 5 heteroatoms. The summed E-state index contributed by atoms with van der Waals surface area (Å²) >= 11 is 0. The predicted molar refractivity (Wildman–Crippen MR) is 60.7 cm³/mol. The Morgan fingerprint density at radius 3 is 3.00 bits per heavy atom. The molecule has 1 saturated heterocycles. The molecule has 0 radical (unpaired) electrons. The Balaban J connectivity index is 1.97. The summed E-state index contributed by atoms with van der Waals surface area (Å²) in [6, 6.07) is 5.71. The first-order chi connectivity index (χ1) is 8.31. The number of carbonyl (C=O) groups is 1. The van der Waals surface area contributed by atoms with Gasteiger partial charge in [0, 0.05) is 19.6 Å². The highest BCUT2D eigenvalue weighted by Crippen LogP contribution is 2.13. The maximum Gasteiger partial charge on any atom is 0.228 e. The molecule has 2 rings (SSSR count). The Bertz CT molecular complexity index is 404. The summed E-state index contributed by atoms with van der Waals surface area (Å²) in [5.74, 6) is 0.919. The Morgan fingerprint density at radius 2 is 2.47 bits per heavy atom. The maximum absolute atomic E-state index is 12.1. The molecule has 1 fully saturated rings. The van der Waals surface area contributed by atoms with E-state index in [2.05, 4.69) is 11.4 Å². The number of hydrogen-bond acceptors (Lipinski definition) is 4. The summed E-state index contributed by atoms with van der Waals surface area (Å²) in [4.78, 5) is 13.8. The average molecular weight is 233 g/mol. The highest BCUT2D eigenvalue weighted by molar-refractivity contribution is 5.80. The van der Waals surface area contributed by atoms with Gasteiger partial charge in [0.1, 0.15) is 5.76 Å². The van der Waals surface area contributed by atoms with Gasteiger partial charge in [0.2, 0.25) is 5.91 Å². The van der Waals surface area contributed by atoms with Crippen LogP contribution >= 0.6 is 0 Å². The lowest BCUT2D eigenvalue weighted by Crippen LogP contribution is -2.52. The highest BCUT2D eigenvalue weighted by Gasteiger charge is 2.29. The van der Waals surface area contributed by atoms with Crippen molar-refractivity contribution < 1.29 is 9.21 Å². The van der Waals surface area contributed by atoms with E-state index in [9.17, 15) is 4.79 Å². The number of hydrogen-bond donors (Lipinski definition) is 1. The van der Waals surface area contributed by atoms with Gasteiger partial charge in [-0.2, -0.15) is 5.26 Å². The fourth-order valence-electron chi connectivity index (χ4n) is 1.76. The molecule has 1 aliphatic rings. The normalized spacial score (nSPS) is 15.0. The summed E-state index contributed by atoms with van der Waals surface area (Å²) in [7, 11) is 0. The largest absolute Gasteiger partial charge is 0.467 e. The van der Waals surface area contributed by atoms with Crippen LogP contribution < -0.4 is 5.32 Å². The van der Waals surface area contributed by atoms with E-state index >= 15 is 0 Å². The van der Waals surface area contributed by atoms with Gasteiger partial charge in [0.15, 0.2) is 0 Å². The summed E-state index contributed by atoms with van der Waals surface area (Å²) < 4.78 is 5.23. The molecule has 0 aromatic carbocycles. The molecular formula is C12H15N3O2. The lowest BCUT2D eigenvalue weighted by Gasteiger charge is -2.31. The van der Waals surface area contributed by atoms with E-state index in [1.807, 2.05) is 6.07 Å².